The van der Waals surface area contributed by atoms with Crippen molar-refractivity contribution in [3.8, 4) is 0 Å². The van der Waals surface area contributed by atoms with Crippen molar-refractivity contribution in [3.05, 3.63) is 0 Å². The Balaban J connectivity index is 1.65. The lowest BCUT2D eigenvalue weighted by atomic mass is 9.57. The quantitative estimate of drug-likeness (QED) is 0.752. The smallest absolute Gasteiger partial charge is 0.226 e. The van der Waals surface area contributed by atoms with Gasteiger partial charge in [-0.1, -0.05) is 0 Å². The van der Waals surface area contributed by atoms with E-state index in [4.69, 9.17) is 10.5 Å². The molecule has 1 saturated heterocycles. The molecule has 1 amide bonds. The van der Waals surface area contributed by atoms with E-state index in [0.29, 0.717) is 6.61 Å². The molecule has 4 fully saturated rings. The number of carbonyl (C=O) groups is 1. The molecule has 4 rings (SSSR count). The van der Waals surface area contributed by atoms with Crippen LogP contribution in [-0.4, -0.2) is 30.7 Å². The zero-order valence-electron chi connectivity index (χ0n) is 10.3. The molecule has 2 bridgehead atoms. The van der Waals surface area contributed by atoms with Crippen molar-refractivity contribution in [2.24, 2.45) is 11.1 Å². The van der Waals surface area contributed by atoms with E-state index < -0.39 is 0 Å². The van der Waals surface area contributed by atoms with Crippen LogP contribution >= 0.6 is 0 Å². The highest BCUT2D eigenvalue weighted by atomic mass is 16.5. The summed E-state index contributed by atoms with van der Waals surface area (Å²) in [6, 6.07) is 0.239. The summed E-state index contributed by atoms with van der Waals surface area (Å²) >= 11 is 0. The van der Waals surface area contributed by atoms with Gasteiger partial charge in [-0.15, -0.1) is 0 Å². The van der Waals surface area contributed by atoms with Crippen molar-refractivity contribution in [2.45, 2.75) is 56.5 Å². The zero-order valence-corrected chi connectivity index (χ0v) is 10.3. The summed E-state index contributed by atoms with van der Waals surface area (Å²) in [5.41, 5.74) is 6.20. The monoisotopic (exact) mass is 238 g/mol. The first kappa shape index (κ1) is 11.5. The van der Waals surface area contributed by atoms with Crippen LogP contribution < -0.4 is 11.1 Å². The molecular formula is C13H22N2O2. The third kappa shape index (κ3) is 1.97. The summed E-state index contributed by atoms with van der Waals surface area (Å²) in [7, 11) is 0. The number of carbonyl (C=O) groups excluding carboxylic acids is 1. The molecule has 4 heteroatoms. The van der Waals surface area contributed by atoms with Gasteiger partial charge in [-0.3, -0.25) is 4.79 Å². The van der Waals surface area contributed by atoms with Gasteiger partial charge >= 0.3 is 0 Å². The molecule has 1 unspecified atom stereocenters. The Morgan fingerprint density at radius 3 is 2.35 bits per heavy atom. The summed E-state index contributed by atoms with van der Waals surface area (Å²) in [5.74, 6) is 0.259. The van der Waals surface area contributed by atoms with Crippen LogP contribution in [0.15, 0.2) is 0 Å². The van der Waals surface area contributed by atoms with E-state index in [-0.39, 0.29) is 22.9 Å². The molecule has 3 aliphatic carbocycles. The lowest BCUT2D eigenvalue weighted by Crippen LogP contribution is -2.57. The van der Waals surface area contributed by atoms with E-state index in [1.54, 1.807) is 0 Å². The molecule has 4 aliphatic rings. The van der Waals surface area contributed by atoms with Gasteiger partial charge in [-0.25, -0.2) is 0 Å². The Morgan fingerprint density at radius 1 is 1.18 bits per heavy atom. The molecule has 1 heterocycles. The number of hydrogen-bond acceptors (Lipinski definition) is 3. The second-order valence-corrected chi connectivity index (χ2v) is 6.18. The third-order valence-corrected chi connectivity index (χ3v) is 5.05. The predicted molar refractivity (Wildman–Crippen MR) is 64.4 cm³/mol. The predicted octanol–water partition coefficient (Wildman–Crippen LogP) is 0.943. The normalized spacial score (nSPS) is 44.9. The van der Waals surface area contributed by atoms with E-state index in [0.717, 1.165) is 51.6 Å². The van der Waals surface area contributed by atoms with Gasteiger partial charge in [0.25, 0.3) is 0 Å². The van der Waals surface area contributed by atoms with Crippen LogP contribution in [0.1, 0.15) is 44.9 Å². The largest absolute Gasteiger partial charge is 0.379 e. The van der Waals surface area contributed by atoms with Crippen LogP contribution in [0.4, 0.5) is 0 Å². The fraction of sp³-hybridized carbons (Fsp3) is 0.923. The molecule has 0 aromatic rings. The van der Waals surface area contributed by atoms with Crippen LogP contribution in [0.5, 0.6) is 0 Å². The van der Waals surface area contributed by atoms with Crippen molar-refractivity contribution in [1.29, 1.82) is 0 Å². The summed E-state index contributed by atoms with van der Waals surface area (Å²) < 4.78 is 5.30. The molecule has 17 heavy (non-hydrogen) atoms. The number of fused-ring (bicyclic) bond motifs is 3. The molecule has 1 atom stereocenters. The minimum atomic E-state index is -0.107. The summed E-state index contributed by atoms with van der Waals surface area (Å²) in [6.07, 6.45) is 6.93. The van der Waals surface area contributed by atoms with Crippen molar-refractivity contribution < 1.29 is 9.53 Å². The van der Waals surface area contributed by atoms with Gasteiger partial charge in [-0.05, 0) is 44.9 Å². The molecule has 4 nitrogen and oxygen atoms in total. The Labute approximate surface area is 102 Å². The molecule has 96 valence electrons. The molecule has 3 saturated carbocycles. The number of rotatable bonds is 2. The van der Waals surface area contributed by atoms with Crippen LogP contribution in [0.2, 0.25) is 0 Å². The van der Waals surface area contributed by atoms with E-state index in [1.165, 1.54) is 0 Å². The fourth-order valence-electron chi connectivity index (χ4n) is 3.54. The van der Waals surface area contributed by atoms with E-state index in [2.05, 4.69) is 5.32 Å². The lowest BCUT2D eigenvalue weighted by Gasteiger charge is -2.50. The van der Waals surface area contributed by atoms with Crippen LogP contribution in [0, 0.1) is 5.41 Å². The average molecular weight is 238 g/mol. The van der Waals surface area contributed by atoms with Crippen molar-refractivity contribution >= 4 is 5.91 Å². The third-order valence-electron chi connectivity index (χ3n) is 5.05. The van der Waals surface area contributed by atoms with E-state index in [9.17, 15) is 4.79 Å². The molecule has 0 radical (unpaired) electrons. The second-order valence-electron chi connectivity index (χ2n) is 6.18. The van der Waals surface area contributed by atoms with Gasteiger partial charge in [-0.2, -0.15) is 0 Å². The molecular weight excluding hydrogens is 216 g/mol. The van der Waals surface area contributed by atoms with Crippen LogP contribution in [0.3, 0.4) is 0 Å². The van der Waals surface area contributed by atoms with Gasteiger partial charge in [0.1, 0.15) is 0 Å². The van der Waals surface area contributed by atoms with Gasteiger partial charge in [0, 0.05) is 17.6 Å². The van der Waals surface area contributed by atoms with Gasteiger partial charge in [0.05, 0.1) is 12.6 Å². The minimum Gasteiger partial charge on any atom is -0.379 e. The second kappa shape index (κ2) is 3.95. The van der Waals surface area contributed by atoms with Crippen LogP contribution in [0.25, 0.3) is 0 Å². The van der Waals surface area contributed by atoms with Gasteiger partial charge in [0.2, 0.25) is 5.91 Å². The van der Waals surface area contributed by atoms with E-state index in [1.807, 2.05) is 0 Å². The van der Waals surface area contributed by atoms with Crippen LogP contribution in [-0.2, 0) is 9.53 Å². The molecule has 3 N–H and O–H groups in total. The Hall–Kier alpha value is -0.610. The Bertz CT molecular complexity index is 299. The number of ether oxygens (including phenoxy) is 1. The van der Waals surface area contributed by atoms with Crippen molar-refractivity contribution in [2.75, 3.05) is 13.2 Å². The summed E-state index contributed by atoms with van der Waals surface area (Å²) in [6.45, 7) is 1.46. The number of hydrogen-bond donors (Lipinski definition) is 2. The standard InChI is InChI=1S/C13H22N2O2/c14-13-5-2-12(3-6-13,4-7-13)11(16)15-10-1-8-17-9-10/h10H,1-9,14H2,(H,15,16). The van der Waals surface area contributed by atoms with Gasteiger partial charge in [0.15, 0.2) is 0 Å². The maximum Gasteiger partial charge on any atom is 0.226 e. The Morgan fingerprint density at radius 2 is 1.82 bits per heavy atom. The summed E-state index contributed by atoms with van der Waals surface area (Å²) in [4.78, 5) is 12.4. The first-order valence-corrected chi connectivity index (χ1v) is 6.80. The molecule has 0 aromatic heterocycles. The zero-order chi connectivity index (χ0) is 11.9. The highest BCUT2D eigenvalue weighted by Gasteiger charge is 2.51. The SMILES string of the molecule is NC12CCC(C(=O)NC3CCOC3)(CC1)CC2. The van der Waals surface area contributed by atoms with E-state index >= 15 is 0 Å². The van der Waals surface area contributed by atoms with Crippen molar-refractivity contribution in [1.82, 2.24) is 5.32 Å². The first-order valence-electron chi connectivity index (χ1n) is 6.80. The Kier molecular flexibility index (Phi) is 2.67. The van der Waals surface area contributed by atoms with Crippen molar-refractivity contribution in [3.63, 3.8) is 0 Å². The number of amides is 1. The molecule has 0 spiro atoms. The topological polar surface area (TPSA) is 64.4 Å². The fourth-order valence-corrected chi connectivity index (χ4v) is 3.54. The summed E-state index contributed by atoms with van der Waals surface area (Å²) in [5, 5.41) is 3.17. The lowest BCUT2D eigenvalue weighted by molar-refractivity contribution is -0.138. The molecule has 1 aliphatic heterocycles. The maximum atomic E-state index is 12.4. The van der Waals surface area contributed by atoms with Gasteiger partial charge < -0.3 is 15.8 Å². The average Bonchev–Trinajstić information content (AvgIpc) is 2.83. The maximum absolute atomic E-state index is 12.4. The highest BCUT2D eigenvalue weighted by Crippen LogP contribution is 2.51. The number of nitrogens with two attached hydrogens (primary N) is 1. The first-order chi connectivity index (χ1) is 8.12. The number of nitrogens with one attached hydrogen (secondary N) is 1. The minimum absolute atomic E-state index is 0.0402. The molecule has 0 aromatic carbocycles. The highest BCUT2D eigenvalue weighted by molar-refractivity contribution is 5.83.